The largest absolute Gasteiger partial charge is 0.491 e. The second-order valence-corrected chi connectivity index (χ2v) is 4.28. The second kappa shape index (κ2) is 7.29. The monoisotopic (exact) mass is 222 g/mol. The molecule has 2 nitrogen and oxygen atoms in total. The van der Waals surface area contributed by atoms with Crippen LogP contribution in [0.1, 0.15) is 26.3 Å². The van der Waals surface area contributed by atoms with Crippen LogP contribution >= 0.6 is 0 Å². The molecule has 0 radical (unpaired) electrons. The third-order valence-corrected chi connectivity index (χ3v) is 2.29. The Bertz CT molecular complexity index is 295. The molecule has 16 heavy (non-hydrogen) atoms. The summed E-state index contributed by atoms with van der Waals surface area (Å²) < 4.78 is 11.2. The van der Waals surface area contributed by atoms with Gasteiger partial charge in [0.1, 0.15) is 12.4 Å². The van der Waals surface area contributed by atoms with Crippen LogP contribution in [0.15, 0.2) is 24.3 Å². The van der Waals surface area contributed by atoms with Crippen LogP contribution in [0, 0.1) is 5.92 Å². The molecule has 0 fully saturated rings. The summed E-state index contributed by atoms with van der Waals surface area (Å²) in [5, 5.41) is 0. The lowest BCUT2D eigenvalue weighted by atomic mass is 10.1. The minimum absolute atomic E-state index is 0.586. The predicted octanol–water partition coefficient (Wildman–Crippen LogP) is 3.30. The fourth-order valence-corrected chi connectivity index (χ4v) is 1.47. The van der Waals surface area contributed by atoms with Crippen LogP contribution in [-0.2, 0) is 11.2 Å². The van der Waals surface area contributed by atoms with Crippen molar-refractivity contribution in [3.8, 4) is 5.75 Å². The molecule has 1 rings (SSSR count). The molecule has 1 aromatic carbocycles. The molecule has 0 saturated heterocycles. The zero-order valence-corrected chi connectivity index (χ0v) is 10.5. The Hall–Kier alpha value is -1.02. The molecule has 0 N–H and O–H groups in total. The van der Waals surface area contributed by atoms with E-state index in [1.165, 1.54) is 5.56 Å². The summed E-state index contributed by atoms with van der Waals surface area (Å²) in [6.45, 7) is 8.52. The van der Waals surface area contributed by atoms with Gasteiger partial charge in [0, 0.05) is 6.61 Å². The standard InChI is InChI=1S/C14H22O2/c1-4-13-7-5-6-8-14(13)16-10-9-15-11-12(2)3/h5-8,12H,4,9-11H2,1-3H3. The fraction of sp³-hybridized carbons (Fsp3) is 0.571. The molecule has 0 aliphatic heterocycles. The number of hydrogen-bond acceptors (Lipinski definition) is 2. The highest BCUT2D eigenvalue weighted by Gasteiger charge is 2.00. The summed E-state index contributed by atoms with van der Waals surface area (Å²) in [4.78, 5) is 0. The van der Waals surface area contributed by atoms with Crippen molar-refractivity contribution in [2.24, 2.45) is 5.92 Å². The lowest BCUT2D eigenvalue weighted by molar-refractivity contribution is 0.0816. The smallest absolute Gasteiger partial charge is 0.122 e. The number of para-hydroxylation sites is 1. The number of benzene rings is 1. The van der Waals surface area contributed by atoms with Gasteiger partial charge in [-0.3, -0.25) is 0 Å². The highest BCUT2D eigenvalue weighted by molar-refractivity contribution is 5.33. The first-order chi connectivity index (χ1) is 7.74. The average molecular weight is 222 g/mol. The minimum Gasteiger partial charge on any atom is -0.491 e. The highest BCUT2D eigenvalue weighted by atomic mass is 16.5. The molecule has 0 saturated carbocycles. The highest BCUT2D eigenvalue weighted by Crippen LogP contribution is 2.17. The normalized spacial score (nSPS) is 10.8. The molecule has 0 amide bonds. The van der Waals surface area contributed by atoms with Gasteiger partial charge in [-0.25, -0.2) is 0 Å². The first-order valence-corrected chi connectivity index (χ1v) is 6.02. The van der Waals surface area contributed by atoms with Gasteiger partial charge in [0.2, 0.25) is 0 Å². The lowest BCUT2D eigenvalue weighted by Gasteiger charge is -2.11. The Morgan fingerprint density at radius 2 is 1.88 bits per heavy atom. The molecule has 2 heteroatoms. The van der Waals surface area contributed by atoms with Gasteiger partial charge in [0.25, 0.3) is 0 Å². The van der Waals surface area contributed by atoms with Gasteiger partial charge >= 0.3 is 0 Å². The molecule has 0 spiro atoms. The molecule has 0 bridgehead atoms. The van der Waals surface area contributed by atoms with Gasteiger partial charge in [-0.15, -0.1) is 0 Å². The van der Waals surface area contributed by atoms with Crippen molar-refractivity contribution >= 4 is 0 Å². The molecule has 0 unspecified atom stereocenters. The molecule has 0 heterocycles. The first-order valence-electron chi connectivity index (χ1n) is 6.02. The average Bonchev–Trinajstić information content (AvgIpc) is 2.29. The van der Waals surface area contributed by atoms with Crippen LogP contribution in [0.5, 0.6) is 5.75 Å². The quantitative estimate of drug-likeness (QED) is 0.659. The lowest BCUT2D eigenvalue weighted by Crippen LogP contribution is -2.10. The van der Waals surface area contributed by atoms with Gasteiger partial charge < -0.3 is 9.47 Å². The Morgan fingerprint density at radius 3 is 2.56 bits per heavy atom. The van der Waals surface area contributed by atoms with Crippen molar-refractivity contribution in [3.05, 3.63) is 29.8 Å². The van der Waals surface area contributed by atoms with Gasteiger partial charge in [0.15, 0.2) is 0 Å². The van der Waals surface area contributed by atoms with E-state index < -0.39 is 0 Å². The minimum atomic E-state index is 0.586. The maximum atomic E-state index is 5.68. The van der Waals surface area contributed by atoms with E-state index in [9.17, 15) is 0 Å². The zero-order chi connectivity index (χ0) is 11.8. The van der Waals surface area contributed by atoms with Gasteiger partial charge in [-0.2, -0.15) is 0 Å². The van der Waals surface area contributed by atoms with Gasteiger partial charge in [-0.1, -0.05) is 39.0 Å². The summed E-state index contributed by atoms with van der Waals surface area (Å²) >= 11 is 0. The maximum absolute atomic E-state index is 5.68. The van der Waals surface area contributed by atoms with Crippen LogP contribution in [0.3, 0.4) is 0 Å². The van der Waals surface area contributed by atoms with Crippen molar-refractivity contribution in [2.75, 3.05) is 19.8 Å². The van der Waals surface area contributed by atoms with E-state index in [0.717, 1.165) is 18.8 Å². The van der Waals surface area contributed by atoms with Crippen LogP contribution in [-0.4, -0.2) is 19.8 Å². The van der Waals surface area contributed by atoms with E-state index in [0.29, 0.717) is 19.1 Å². The van der Waals surface area contributed by atoms with Crippen molar-refractivity contribution < 1.29 is 9.47 Å². The number of rotatable bonds is 7. The summed E-state index contributed by atoms with van der Waals surface area (Å²) in [6, 6.07) is 8.16. The summed E-state index contributed by atoms with van der Waals surface area (Å²) in [5.74, 6) is 1.57. The first kappa shape index (κ1) is 13.0. The summed E-state index contributed by atoms with van der Waals surface area (Å²) in [5.41, 5.74) is 1.26. The Labute approximate surface area is 98.6 Å². The summed E-state index contributed by atoms with van der Waals surface area (Å²) in [7, 11) is 0. The van der Waals surface area contributed by atoms with Crippen LogP contribution < -0.4 is 4.74 Å². The number of hydrogen-bond donors (Lipinski definition) is 0. The fourth-order valence-electron chi connectivity index (χ4n) is 1.47. The molecular weight excluding hydrogens is 200 g/mol. The summed E-state index contributed by atoms with van der Waals surface area (Å²) in [6.07, 6.45) is 1.00. The van der Waals surface area contributed by atoms with E-state index in [-0.39, 0.29) is 0 Å². The van der Waals surface area contributed by atoms with Crippen LogP contribution in [0.25, 0.3) is 0 Å². The predicted molar refractivity (Wildman–Crippen MR) is 67.0 cm³/mol. The Morgan fingerprint density at radius 1 is 1.12 bits per heavy atom. The molecule has 0 atom stereocenters. The topological polar surface area (TPSA) is 18.5 Å². The van der Waals surface area contributed by atoms with E-state index in [1.807, 2.05) is 18.2 Å². The van der Waals surface area contributed by atoms with E-state index in [2.05, 4.69) is 26.8 Å². The molecule has 0 aliphatic rings. The van der Waals surface area contributed by atoms with Gasteiger partial charge in [-0.05, 0) is 24.0 Å². The van der Waals surface area contributed by atoms with Crippen molar-refractivity contribution in [3.63, 3.8) is 0 Å². The third kappa shape index (κ3) is 4.67. The Kier molecular flexibility index (Phi) is 5.94. The van der Waals surface area contributed by atoms with Crippen molar-refractivity contribution in [1.82, 2.24) is 0 Å². The third-order valence-electron chi connectivity index (χ3n) is 2.29. The Balaban J connectivity index is 2.26. The van der Waals surface area contributed by atoms with Crippen molar-refractivity contribution in [1.29, 1.82) is 0 Å². The van der Waals surface area contributed by atoms with Crippen molar-refractivity contribution in [2.45, 2.75) is 27.2 Å². The molecule has 90 valence electrons. The van der Waals surface area contributed by atoms with Crippen LogP contribution in [0.4, 0.5) is 0 Å². The molecule has 0 aliphatic carbocycles. The maximum Gasteiger partial charge on any atom is 0.122 e. The SMILES string of the molecule is CCc1ccccc1OCCOCC(C)C. The van der Waals surface area contributed by atoms with Gasteiger partial charge in [0.05, 0.1) is 6.61 Å². The number of aryl methyl sites for hydroxylation is 1. The molecular formula is C14H22O2. The second-order valence-electron chi connectivity index (χ2n) is 4.28. The van der Waals surface area contributed by atoms with E-state index in [1.54, 1.807) is 0 Å². The number of ether oxygens (including phenoxy) is 2. The van der Waals surface area contributed by atoms with Crippen LogP contribution in [0.2, 0.25) is 0 Å². The van der Waals surface area contributed by atoms with E-state index in [4.69, 9.17) is 9.47 Å². The zero-order valence-electron chi connectivity index (χ0n) is 10.5. The molecule has 1 aromatic rings. The molecule has 0 aromatic heterocycles. The van der Waals surface area contributed by atoms with E-state index >= 15 is 0 Å².